The number of aromatic nitrogens is 2. The van der Waals surface area contributed by atoms with Crippen LogP contribution in [-0.2, 0) is 34.2 Å². The van der Waals surface area contributed by atoms with Gasteiger partial charge in [0.25, 0.3) is 0 Å². The Kier molecular flexibility index (Phi) is 6.72. The Labute approximate surface area is 186 Å². The molecule has 2 N–H and O–H groups in total. The van der Waals surface area contributed by atoms with Crippen LogP contribution in [0, 0.1) is 0 Å². The van der Waals surface area contributed by atoms with Crippen LogP contribution in [0.2, 0.25) is 0 Å². The monoisotopic (exact) mass is 434 g/mol. The van der Waals surface area contributed by atoms with Gasteiger partial charge in [0.1, 0.15) is 12.4 Å². The highest BCUT2D eigenvalue weighted by atomic mass is 32.2. The number of hydrogen-bond acceptors (Lipinski definition) is 4. The van der Waals surface area contributed by atoms with E-state index in [0.29, 0.717) is 18.8 Å². The lowest BCUT2D eigenvalue weighted by atomic mass is 9.95. The Morgan fingerprint density at radius 1 is 1.06 bits per heavy atom. The van der Waals surface area contributed by atoms with Gasteiger partial charge in [-0.1, -0.05) is 67.6 Å². The van der Waals surface area contributed by atoms with Gasteiger partial charge in [-0.25, -0.2) is 4.68 Å². The molecule has 1 aliphatic rings. The van der Waals surface area contributed by atoms with Crippen molar-refractivity contribution in [2.75, 3.05) is 5.32 Å². The van der Waals surface area contributed by atoms with Crippen LogP contribution >= 0.6 is 11.8 Å². The molecule has 6 nitrogen and oxygen atoms in total. The molecule has 0 aliphatic carbocycles. The number of rotatable bonds is 8. The zero-order chi connectivity index (χ0) is 21.6. The first-order chi connectivity index (χ1) is 15.2. The average molecular weight is 435 g/mol. The molecule has 1 aliphatic heterocycles. The highest BCUT2D eigenvalue weighted by molar-refractivity contribution is 7.98. The normalized spacial score (nSPS) is 13.5. The molecule has 0 spiro atoms. The zero-order valence-electron chi connectivity index (χ0n) is 17.5. The van der Waals surface area contributed by atoms with E-state index in [1.807, 2.05) is 67.6 Å². The molecule has 160 valence electrons. The topological polar surface area (TPSA) is 76.0 Å². The molecule has 3 aromatic rings. The van der Waals surface area contributed by atoms with Crippen molar-refractivity contribution in [2.45, 2.75) is 43.9 Å². The van der Waals surface area contributed by atoms with Crippen molar-refractivity contribution < 1.29 is 9.59 Å². The Morgan fingerprint density at radius 2 is 1.77 bits per heavy atom. The van der Waals surface area contributed by atoms with Crippen LogP contribution in [0.25, 0.3) is 0 Å². The minimum atomic E-state index is -0.249. The van der Waals surface area contributed by atoms with Gasteiger partial charge < -0.3 is 10.6 Å². The lowest BCUT2D eigenvalue weighted by molar-refractivity contribution is -0.122. The molecule has 2 heterocycles. The second kappa shape index (κ2) is 9.83. The fourth-order valence-electron chi connectivity index (χ4n) is 3.77. The van der Waals surface area contributed by atoms with Crippen molar-refractivity contribution in [2.24, 2.45) is 0 Å². The van der Waals surface area contributed by atoms with E-state index in [-0.39, 0.29) is 24.3 Å². The lowest BCUT2D eigenvalue weighted by Crippen LogP contribution is -2.29. The molecular formula is C24H26N4O2S. The smallest absolute Gasteiger partial charge is 0.242 e. The van der Waals surface area contributed by atoms with Crippen molar-refractivity contribution in [3.63, 3.8) is 0 Å². The number of carbonyl (C=O) groups is 2. The number of thioether (sulfide) groups is 1. The predicted molar refractivity (Wildman–Crippen MR) is 124 cm³/mol. The lowest BCUT2D eigenvalue weighted by Gasteiger charge is -2.17. The second-order valence-corrected chi connectivity index (χ2v) is 8.53. The summed E-state index contributed by atoms with van der Waals surface area (Å²) in [7, 11) is 0. The number of benzene rings is 2. The van der Waals surface area contributed by atoms with E-state index in [2.05, 4.69) is 15.7 Å². The van der Waals surface area contributed by atoms with Crippen LogP contribution in [0.5, 0.6) is 0 Å². The van der Waals surface area contributed by atoms with Gasteiger partial charge in [0, 0.05) is 23.6 Å². The van der Waals surface area contributed by atoms with E-state index in [0.717, 1.165) is 33.9 Å². The van der Waals surface area contributed by atoms with Gasteiger partial charge in [-0.3, -0.25) is 9.59 Å². The third kappa shape index (κ3) is 4.99. The fraction of sp³-hybridized carbons (Fsp3) is 0.292. The Bertz CT molecular complexity index is 1050. The van der Waals surface area contributed by atoms with Gasteiger partial charge in [0.2, 0.25) is 11.8 Å². The number of amides is 2. The van der Waals surface area contributed by atoms with Gasteiger partial charge in [-0.2, -0.15) is 16.9 Å². The summed E-state index contributed by atoms with van der Waals surface area (Å²) in [5, 5.41) is 10.6. The molecule has 1 aromatic heterocycles. The summed E-state index contributed by atoms with van der Waals surface area (Å²) in [5.41, 5.74) is 4.00. The largest absolute Gasteiger partial charge is 0.350 e. The summed E-state index contributed by atoms with van der Waals surface area (Å²) in [6, 6.07) is 19.6. The summed E-state index contributed by atoms with van der Waals surface area (Å²) in [4.78, 5) is 25.7. The molecule has 31 heavy (non-hydrogen) atoms. The third-order valence-corrected chi connectivity index (χ3v) is 6.38. The summed E-state index contributed by atoms with van der Waals surface area (Å²) >= 11 is 1.77. The number of carbonyl (C=O) groups excluding carboxylic acids is 2. The number of hydrogen-bond donors (Lipinski definition) is 2. The Morgan fingerprint density at radius 3 is 2.48 bits per heavy atom. The van der Waals surface area contributed by atoms with Crippen molar-refractivity contribution in [1.29, 1.82) is 0 Å². The van der Waals surface area contributed by atoms with Crippen molar-refractivity contribution in [3.8, 4) is 0 Å². The molecule has 2 aromatic carbocycles. The molecule has 0 unspecified atom stereocenters. The molecule has 0 saturated heterocycles. The van der Waals surface area contributed by atoms with Crippen molar-refractivity contribution >= 4 is 29.4 Å². The molecular weight excluding hydrogens is 408 g/mol. The number of nitrogens with zero attached hydrogens (tertiary/aromatic N) is 2. The molecule has 0 radical (unpaired) electrons. The maximum Gasteiger partial charge on any atom is 0.242 e. The SMILES string of the molecule is CC[C@@H](C(=O)Nc1c2c(nn1CC(=O)NCc1ccccc1)CSC2)c1ccccc1. The molecule has 2 amide bonds. The van der Waals surface area contributed by atoms with E-state index in [9.17, 15) is 9.59 Å². The maximum atomic E-state index is 13.1. The molecule has 4 rings (SSSR count). The number of fused-ring (bicyclic) bond motifs is 1. The highest BCUT2D eigenvalue weighted by Crippen LogP contribution is 2.35. The van der Waals surface area contributed by atoms with E-state index < -0.39 is 0 Å². The molecule has 7 heteroatoms. The van der Waals surface area contributed by atoms with E-state index in [1.54, 1.807) is 16.4 Å². The Hall–Kier alpha value is -3.06. The van der Waals surface area contributed by atoms with Crippen LogP contribution in [-0.4, -0.2) is 21.6 Å². The first-order valence-electron chi connectivity index (χ1n) is 10.5. The van der Waals surface area contributed by atoms with E-state index in [4.69, 9.17) is 0 Å². The van der Waals surface area contributed by atoms with E-state index >= 15 is 0 Å². The summed E-state index contributed by atoms with van der Waals surface area (Å²) in [6.07, 6.45) is 0.693. The average Bonchev–Trinajstić information content (AvgIpc) is 3.37. The Balaban J connectivity index is 1.48. The van der Waals surface area contributed by atoms with Gasteiger partial charge >= 0.3 is 0 Å². The van der Waals surface area contributed by atoms with E-state index in [1.165, 1.54) is 0 Å². The zero-order valence-corrected chi connectivity index (χ0v) is 18.3. The minimum absolute atomic E-state index is 0.0701. The van der Waals surface area contributed by atoms with Crippen LogP contribution < -0.4 is 10.6 Å². The van der Waals surface area contributed by atoms with Crippen LogP contribution in [0.15, 0.2) is 60.7 Å². The quantitative estimate of drug-likeness (QED) is 0.560. The van der Waals surface area contributed by atoms with Gasteiger partial charge in [0.05, 0.1) is 11.6 Å². The van der Waals surface area contributed by atoms with Crippen molar-refractivity contribution in [1.82, 2.24) is 15.1 Å². The standard InChI is InChI=1S/C24H26N4O2S/c1-2-19(18-11-7-4-8-12-18)24(30)26-23-20-15-31-16-21(20)27-28(23)14-22(29)25-13-17-9-5-3-6-10-17/h3-12,19H,2,13-16H2,1H3,(H,25,29)(H,26,30)/t19-/m1/s1. The molecule has 0 fully saturated rings. The predicted octanol–water partition coefficient (Wildman–Crippen LogP) is 4.08. The summed E-state index contributed by atoms with van der Waals surface area (Å²) < 4.78 is 1.64. The molecule has 1 atom stereocenters. The van der Waals surface area contributed by atoms with Crippen LogP contribution in [0.3, 0.4) is 0 Å². The third-order valence-electron chi connectivity index (χ3n) is 5.41. The number of nitrogens with one attached hydrogen (secondary N) is 2. The van der Waals surface area contributed by atoms with Gasteiger partial charge in [-0.05, 0) is 17.5 Å². The van der Waals surface area contributed by atoms with Crippen LogP contribution in [0.4, 0.5) is 5.82 Å². The fourth-order valence-corrected chi connectivity index (χ4v) is 4.81. The van der Waals surface area contributed by atoms with Gasteiger partial charge in [0.15, 0.2) is 0 Å². The number of anilines is 1. The summed E-state index contributed by atoms with van der Waals surface area (Å²) in [5.74, 6) is 1.78. The van der Waals surface area contributed by atoms with Crippen molar-refractivity contribution in [3.05, 3.63) is 83.0 Å². The highest BCUT2D eigenvalue weighted by Gasteiger charge is 2.27. The molecule has 0 bridgehead atoms. The van der Waals surface area contributed by atoms with Gasteiger partial charge in [-0.15, -0.1) is 0 Å². The molecule has 0 saturated carbocycles. The van der Waals surface area contributed by atoms with Crippen LogP contribution in [0.1, 0.15) is 41.6 Å². The minimum Gasteiger partial charge on any atom is -0.350 e. The summed E-state index contributed by atoms with van der Waals surface area (Å²) in [6.45, 7) is 2.54. The maximum absolute atomic E-state index is 13.1. The first-order valence-corrected chi connectivity index (χ1v) is 11.6. The first kappa shape index (κ1) is 21.2. The second-order valence-electron chi connectivity index (χ2n) is 7.55.